The monoisotopic (exact) mass is 485 g/mol. The summed E-state index contributed by atoms with van der Waals surface area (Å²) in [5.41, 5.74) is 0.495. The maximum absolute atomic E-state index is 12.7. The van der Waals surface area contributed by atoms with Gasteiger partial charge >= 0.3 is 10.1 Å². The highest BCUT2D eigenvalue weighted by molar-refractivity contribution is 14.1. The average Bonchev–Trinajstić information content (AvgIpc) is 2.62. The lowest BCUT2D eigenvalue weighted by Crippen LogP contribution is -2.33. The Morgan fingerprint density at radius 1 is 1.12 bits per heavy atom. The number of carbonyl (C=O) groups excluding carboxylic acids is 1. The number of nitrogens with zero attached hydrogens (tertiary/aromatic N) is 1. The molecule has 1 aliphatic rings. The summed E-state index contributed by atoms with van der Waals surface area (Å²) < 4.78 is 31.0. The molecule has 1 fully saturated rings. The second-order valence-electron chi connectivity index (χ2n) is 6.46. The van der Waals surface area contributed by atoms with Crippen molar-refractivity contribution >= 4 is 38.5 Å². The van der Waals surface area contributed by atoms with E-state index in [9.17, 15) is 13.2 Å². The molecule has 0 N–H and O–H groups in total. The van der Waals surface area contributed by atoms with Crippen molar-refractivity contribution in [3.05, 3.63) is 57.7 Å². The van der Waals surface area contributed by atoms with E-state index in [4.69, 9.17) is 4.18 Å². The topological polar surface area (TPSA) is 63.7 Å². The van der Waals surface area contributed by atoms with Gasteiger partial charge in [-0.25, -0.2) is 0 Å². The van der Waals surface area contributed by atoms with Gasteiger partial charge in [0.2, 0.25) is 0 Å². The van der Waals surface area contributed by atoms with Gasteiger partial charge in [-0.1, -0.05) is 12.1 Å². The van der Waals surface area contributed by atoms with E-state index >= 15 is 0 Å². The smallest absolute Gasteiger partial charge is 0.339 e. The zero-order chi connectivity index (χ0) is 18.7. The second kappa shape index (κ2) is 8.06. The summed E-state index contributed by atoms with van der Waals surface area (Å²) in [5.74, 6) is 0.187. The summed E-state index contributed by atoms with van der Waals surface area (Å²) in [6.45, 7) is 1.79. The van der Waals surface area contributed by atoms with Gasteiger partial charge in [-0.2, -0.15) is 8.42 Å². The van der Waals surface area contributed by atoms with E-state index in [-0.39, 0.29) is 22.3 Å². The van der Waals surface area contributed by atoms with Crippen LogP contribution < -0.4 is 4.18 Å². The first kappa shape index (κ1) is 19.3. The molecule has 5 nitrogen and oxygen atoms in total. The third-order valence-corrected chi connectivity index (χ3v) is 6.50. The third-order valence-electron chi connectivity index (χ3n) is 4.52. The lowest BCUT2D eigenvalue weighted by Gasteiger charge is -2.28. The zero-order valence-corrected chi connectivity index (χ0v) is 17.4. The highest BCUT2D eigenvalue weighted by Crippen LogP contribution is 2.25. The van der Waals surface area contributed by atoms with Crippen LogP contribution >= 0.6 is 22.6 Å². The molecule has 138 valence electrons. The van der Waals surface area contributed by atoms with Gasteiger partial charge in [-0.3, -0.25) is 4.79 Å². The number of rotatable bonds is 5. The molecule has 2 aromatic carbocycles. The van der Waals surface area contributed by atoms with Crippen molar-refractivity contribution in [1.82, 2.24) is 4.90 Å². The molecule has 7 heteroatoms. The quantitative estimate of drug-likeness (QED) is 0.368. The summed E-state index contributed by atoms with van der Waals surface area (Å²) in [5, 5.41) is 0. The Bertz CT molecular complexity index is 888. The van der Waals surface area contributed by atoms with Crippen LogP contribution in [0.25, 0.3) is 0 Å². The molecule has 3 rings (SSSR count). The molecule has 0 spiro atoms. The number of halogens is 1. The Labute approximate surface area is 167 Å². The van der Waals surface area contributed by atoms with E-state index in [1.54, 1.807) is 30.3 Å². The number of hydrogen-bond donors (Lipinski definition) is 0. The minimum atomic E-state index is -3.93. The molecule has 1 heterocycles. The molecule has 0 saturated carbocycles. The van der Waals surface area contributed by atoms with E-state index < -0.39 is 10.1 Å². The molecule has 0 atom stereocenters. The average molecular weight is 485 g/mol. The Morgan fingerprint density at radius 2 is 1.77 bits per heavy atom. The van der Waals surface area contributed by atoms with E-state index in [0.717, 1.165) is 29.5 Å². The first-order valence-electron chi connectivity index (χ1n) is 8.38. The Hall–Kier alpha value is -1.45. The Kier molecular flexibility index (Phi) is 5.99. The fraction of sp³-hybridized carbons (Fsp3) is 0.316. The number of piperidine rings is 1. The van der Waals surface area contributed by atoms with E-state index in [0.29, 0.717) is 5.56 Å². The normalized spacial score (nSPS) is 16.4. The molecule has 1 aliphatic heterocycles. The van der Waals surface area contributed by atoms with Gasteiger partial charge in [0.05, 0.1) is 0 Å². The molecule has 0 radical (unpaired) electrons. The van der Waals surface area contributed by atoms with E-state index in [1.165, 1.54) is 18.2 Å². The van der Waals surface area contributed by atoms with Gasteiger partial charge in [0.15, 0.2) is 5.78 Å². The van der Waals surface area contributed by atoms with Crippen LogP contribution in [0.4, 0.5) is 0 Å². The number of benzene rings is 2. The van der Waals surface area contributed by atoms with Crippen molar-refractivity contribution in [2.75, 3.05) is 20.1 Å². The molecule has 1 saturated heterocycles. The molecule has 0 amide bonds. The lowest BCUT2D eigenvalue weighted by atomic mass is 9.89. The largest absolute Gasteiger partial charge is 0.379 e. The standard InChI is InChI=1S/C19H20INO4S/c1-21-11-9-14(10-12-21)19(22)15-3-2-4-17(13-15)25-26(23,24)18-7-5-16(20)6-8-18/h2-8,13-14H,9-12H2,1H3. The molecular formula is C19H20INO4S. The number of Topliss-reactive ketones (excluding diaryl/α,β-unsaturated/α-hetero) is 1. The number of likely N-dealkylation sites (tertiary alicyclic amines) is 1. The molecule has 2 aromatic rings. The van der Waals surface area contributed by atoms with Crippen molar-refractivity contribution in [1.29, 1.82) is 0 Å². The van der Waals surface area contributed by atoms with Crippen LogP contribution in [-0.2, 0) is 10.1 Å². The summed E-state index contributed by atoms with van der Waals surface area (Å²) in [4.78, 5) is 15.0. The number of hydrogen-bond acceptors (Lipinski definition) is 5. The predicted octanol–water partition coefficient (Wildman–Crippen LogP) is 3.58. The van der Waals surface area contributed by atoms with Crippen molar-refractivity contribution < 1.29 is 17.4 Å². The summed E-state index contributed by atoms with van der Waals surface area (Å²) in [6.07, 6.45) is 1.64. The van der Waals surface area contributed by atoms with Crippen LogP contribution in [0.5, 0.6) is 5.75 Å². The SMILES string of the molecule is CN1CCC(C(=O)c2cccc(OS(=O)(=O)c3ccc(I)cc3)c2)CC1. The van der Waals surface area contributed by atoms with Crippen LogP contribution in [-0.4, -0.2) is 39.2 Å². The number of ketones is 1. The van der Waals surface area contributed by atoms with Crippen molar-refractivity contribution in [3.8, 4) is 5.75 Å². The third kappa shape index (κ3) is 4.63. The van der Waals surface area contributed by atoms with Gasteiger partial charge < -0.3 is 9.08 Å². The van der Waals surface area contributed by atoms with E-state index in [2.05, 4.69) is 27.5 Å². The molecule has 0 unspecified atom stereocenters. The summed E-state index contributed by atoms with van der Waals surface area (Å²) in [7, 11) is -1.88. The van der Waals surface area contributed by atoms with Gasteiger partial charge in [0.1, 0.15) is 10.6 Å². The molecule has 0 bridgehead atoms. The summed E-state index contributed by atoms with van der Waals surface area (Å²) >= 11 is 2.11. The summed E-state index contributed by atoms with van der Waals surface area (Å²) in [6, 6.07) is 12.9. The van der Waals surface area contributed by atoms with E-state index in [1.807, 2.05) is 7.05 Å². The van der Waals surface area contributed by atoms with Gasteiger partial charge in [0, 0.05) is 15.1 Å². The van der Waals surface area contributed by atoms with Gasteiger partial charge in [0.25, 0.3) is 0 Å². The molecule has 26 heavy (non-hydrogen) atoms. The molecule has 0 aromatic heterocycles. The lowest BCUT2D eigenvalue weighted by molar-refractivity contribution is 0.0856. The highest BCUT2D eigenvalue weighted by atomic mass is 127. The predicted molar refractivity (Wildman–Crippen MR) is 108 cm³/mol. The highest BCUT2D eigenvalue weighted by Gasteiger charge is 2.25. The van der Waals surface area contributed by atoms with Gasteiger partial charge in [-0.05, 0) is 92.0 Å². The first-order chi connectivity index (χ1) is 12.3. The molecular weight excluding hydrogens is 465 g/mol. The van der Waals surface area contributed by atoms with Crippen LogP contribution in [0.2, 0.25) is 0 Å². The first-order valence-corrected chi connectivity index (χ1v) is 10.9. The van der Waals surface area contributed by atoms with Crippen molar-refractivity contribution in [2.45, 2.75) is 17.7 Å². The van der Waals surface area contributed by atoms with Crippen molar-refractivity contribution in [3.63, 3.8) is 0 Å². The molecule has 0 aliphatic carbocycles. The fourth-order valence-corrected chi connectivity index (χ4v) is 4.27. The van der Waals surface area contributed by atoms with Crippen LogP contribution in [0.1, 0.15) is 23.2 Å². The Morgan fingerprint density at radius 3 is 2.42 bits per heavy atom. The number of carbonyl (C=O) groups is 1. The Balaban J connectivity index is 1.77. The fourth-order valence-electron chi connectivity index (χ4n) is 2.98. The minimum Gasteiger partial charge on any atom is -0.379 e. The van der Waals surface area contributed by atoms with Crippen LogP contribution in [0.15, 0.2) is 53.4 Å². The van der Waals surface area contributed by atoms with Crippen LogP contribution in [0.3, 0.4) is 0 Å². The van der Waals surface area contributed by atoms with Crippen LogP contribution in [0, 0.1) is 9.49 Å². The zero-order valence-electron chi connectivity index (χ0n) is 14.4. The maximum Gasteiger partial charge on any atom is 0.339 e. The maximum atomic E-state index is 12.7. The van der Waals surface area contributed by atoms with Gasteiger partial charge in [-0.15, -0.1) is 0 Å². The minimum absolute atomic E-state index is 0.0192. The van der Waals surface area contributed by atoms with Crippen molar-refractivity contribution in [2.24, 2.45) is 5.92 Å². The second-order valence-corrected chi connectivity index (χ2v) is 9.25.